The molecule has 3 nitrogen and oxygen atoms in total. The zero-order valence-electron chi connectivity index (χ0n) is 7.25. The Morgan fingerprint density at radius 1 is 1.50 bits per heavy atom. The van der Waals surface area contributed by atoms with Gasteiger partial charge in [0.15, 0.2) is 0 Å². The zero-order chi connectivity index (χ0) is 8.81. The highest BCUT2D eigenvalue weighted by Crippen LogP contribution is 1.97. The number of hydrogen-bond donors (Lipinski definition) is 2. The van der Waals surface area contributed by atoms with Crippen LogP contribution in [0, 0.1) is 6.92 Å². The second-order valence-corrected chi connectivity index (χ2v) is 2.71. The fourth-order valence-electron chi connectivity index (χ4n) is 0.915. The van der Waals surface area contributed by atoms with Gasteiger partial charge in [0, 0.05) is 25.0 Å². The summed E-state index contributed by atoms with van der Waals surface area (Å²) in [5.74, 6) is 0. The molecule has 0 aliphatic heterocycles. The lowest BCUT2D eigenvalue weighted by molar-refractivity contribution is 0.292. The van der Waals surface area contributed by atoms with Crippen molar-refractivity contribution in [3.8, 4) is 0 Å². The van der Waals surface area contributed by atoms with E-state index in [1.807, 2.05) is 25.3 Å². The highest BCUT2D eigenvalue weighted by atomic mass is 16.3. The third-order valence-corrected chi connectivity index (χ3v) is 1.59. The van der Waals surface area contributed by atoms with Crippen molar-refractivity contribution in [1.82, 2.24) is 10.3 Å². The van der Waals surface area contributed by atoms with Gasteiger partial charge in [-0.3, -0.25) is 4.98 Å². The predicted molar refractivity (Wildman–Crippen MR) is 47.8 cm³/mol. The van der Waals surface area contributed by atoms with Crippen molar-refractivity contribution in [2.75, 3.05) is 13.2 Å². The third-order valence-electron chi connectivity index (χ3n) is 1.59. The molecule has 0 spiro atoms. The van der Waals surface area contributed by atoms with Gasteiger partial charge < -0.3 is 10.4 Å². The molecule has 0 fully saturated rings. The first-order valence-electron chi connectivity index (χ1n) is 4.06. The van der Waals surface area contributed by atoms with E-state index >= 15 is 0 Å². The minimum Gasteiger partial charge on any atom is -0.395 e. The average Bonchev–Trinajstić information content (AvgIpc) is 2.09. The summed E-state index contributed by atoms with van der Waals surface area (Å²) in [4.78, 5) is 4.16. The molecular weight excluding hydrogens is 152 g/mol. The zero-order valence-corrected chi connectivity index (χ0v) is 7.25. The summed E-state index contributed by atoms with van der Waals surface area (Å²) in [6, 6.07) is 4.02. The molecule has 0 saturated carbocycles. The van der Waals surface area contributed by atoms with Crippen molar-refractivity contribution in [3.63, 3.8) is 0 Å². The molecule has 2 N–H and O–H groups in total. The number of aliphatic hydroxyl groups is 1. The van der Waals surface area contributed by atoms with Crippen LogP contribution in [0.2, 0.25) is 0 Å². The summed E-state index contributed by atoms with van der Waals surface area (Å²) in [5, 5.41) is 11.6. The van der Waals surface area contributed by atoms with Gasteiger partial charge in [-0.1, -0.05) is 6.07 Å². The number of aryl methyl sites for hydroxylation is 1. The van der Waals surface area contributed by atoms with E-state index < -0.39 is 0 Å². The van der Waals surface area contributed by atoms with Crippen LogP contribution < -0.4 is 5.32 Å². The number of rotatable bonds is 4. The van der Waals surface area contributed by atoms with Gasteiger partial charge in [0.05, 0.1) is 6.61 Å². The van der Waals surface area contributed by atoms with Crippen LogP contribution in [0.5, 0.6) is 0 Å². The summed E-state index contributed by atoms with van der Waals surface area (Å²) < 4.78 is 0. The molecule has 1 heterocycles. The monoisotopic (exact) mass is 166 g/mol. The lowest BCUT2D eigenvalue weighted by Gasteiger charge is -2.01. The van der Waals surface area contributed by atoms with E-state index in [9.17, 15) is 0 Å². The van der Waals surface area contributed by atoms with Crippen LogP contribution in [0.25, 0.3) is 0 Å². The van der Waals surface area contributed by atoms with Crippen LogP contribution in [0.15, 0.2) is 18.3 Å². The summed E-state index contributed by atoms with van der Waals surface area (Å²) >= 11 is 0. The van der Waals surface area contributed by atoms with Crippen molar-refractivity contribution in [3.05, 3.63) is 29.6 Å². The van der Waals surface area contributed by atoms with Gasteiger partial charge in [0.25, 0.3) is 0 Å². The van der Waals surface area contributed by atoms with Crippen molar-refractivity contribution in [2.24, 2.45) is 0 Å². The summed E-state index contributed by atoms with van der Waals surface area (Å²) in [7, 11) is 0. The van der Waals surface area contributed by atoms with Crippen molar-refractivity contribution >= 4 is 0 Å². The highest BCUT2D eigenvalue weighted by Gasteiger charge is 1.91. The van der Waals surface area contributed by atoms with Gasteiger partial charge in [0.2, 0.25) is 0 Å². The van der Waals surface area contributed by atoms with E-state index in [0.717, 1.165) is 17.8 Å². The molecule has 1 aromatic rings. The van der Waals surface area contributed by atoms with E-state index in [1.165, 1.54) is 0 Å². The van der Waals surface area contributed by atoms with Gasteiger partial charge in [-0.2, -0.15) is 0 Å². The second-order valence-electron chi connectivity index (χ2n) is 2.71. The molecular formula is C9H14N2O. The molecule has 3 heteroatoms. The maximum Gasteiger partial charge on any atom is 0.0556 e. The van der Waals surface area contributed by atoms with Gasteiger partial charge >= 0.3 is 0 Å². The molecule has 0 unspecified atom stereocenters. The van der Waals surface area contributed by atoms with E-state index in [-0.39, 0.29) is 6.61 Å². The maximum absolute atomic E-state index is 8.51. The van der Waals surface area contributed by atoms with E-state index in [4.69, 9.17) is 5.11 Å². The largest absolute Gasteiger partial charge is 0.395 e. The fraction of sp³-hybridized carbons (Fsp3) is 0.444. The lowest BCUT2D eigenvalue weighted by Crippen LogP contribution is -2.17. The summed E-state index contributed by atoms with van der Waals surface area (Å²) in [5.41, 5.74) is 2.18. The number of aromatic nitrogens is 1. The van der Waals surface area contributed by atoms with Crippen LogP contribution in [-0.4, -0.2) is 23.2 Å². The van der Waals surface area contributed by atoms with Crippen LogP contribution >= 0.6 is 0 Å². The SMILES string of the molecule is Cc1ccc(CNCCO)cn1. The van der Waals surface area contributed by atoms with Gasteiger partial charge in [-0.05, 0) is 18.6 Å². The van der Waals surface area contributed by atoms with E-state index in [1.54, 1.807) is 0 Å². The molecule has 0 aromatic carbocycles. The first-order chi connectivity index (χ1) is 5.83. The molecule has 0 aliphatic rings. The van der Waals surface area contributed by atoms with Crippen LogP contribution in [0.1, 0.15) is 11.3 Å². The van der Waals surface area contributed by atoms with Crippen molar-refractivity contribution in [2.45, 2.75) is 13.5 Å². The van der Waals surface area contributed by atoms with Crippen LogP contribution in [0.4, 0.5) is 0 Å². The van der Waals surface area contributed by atoms with Gasteiger partial charge in [-0.15, -0.1) is 0 Å². The Labute approximate surface area is 72.5 Å². The Hall–Kier alpha value is -0.930. The van der Waals surface area contributed by atoms with E-state index in [0.29, 0.717) is 6.54 Å². The normalized spacial score (nSPS) is 10.2. The average molecular weight is 166 g/mol. The second kappa shape index (κ2) is 4.85. The first kappa shape index (κ1) is 9.16. The van der Waals surface area contributed by atoms with Crippen LogP contribution in [-0.2, 0) is 6.54 Å². The number of nitrogens with zero attached hydrogens (tertiary/aromatic N) is 1. The smallest absolute Gasteiger partial charge is 0.0556 e. The van der Waals surface area contributed by atoms with Crippen LogP contribution in [0.3, 0.4) is 0 Å². The molecule has 0 amide bonds. The van der Waals surface area contributed by atoms with Crippen molar-refractivity contribution < 1.29 is 5.11 Å². The number of hydrogen-bond acceptors (Lipinski definition) is 3. The van der Waals surface area contributed by atoms with Crippen molar-refractivity contribution in [1.29, 1.82) is 0 Å². The standard InChI is InChI=1S/C9H14N2O/c1-8-2-3-9(7-11-8)6-10-4-5-12/h2-3,7,10,12H,4-6H2,1H3. The number of aliphatic hydroxyl groups excluding tert-OH is 1. The molecule has 66 valence electrons. The lowest BCUT2D eigenvalue weighted by atomic mass is 10.2. The highest BCUT2D eigenvalue weighted by molar-refractivity contribution is 5.12. The molecule has 0 radical (unpaired) electrons. The Morgan fingerprint density at radius 3 is 2.92 bits per heavy atom. The molecule has 1 aromatic heterocycles. The first-order valence-corrected chi connectivity index (χ1v) is 4.06. The van der Waals surface area contributed by atoms with E-state index in [2.05, 4.69) is 10.3 Å². The molecule has 0 bridgehead atoms. The topological polar surface area (TPSA) is 45.1 Å². The molecule has 0 atom stereocenters. The quantitative estimate of drug-likeness (QED) is 0.639. The molecule has 0 saturated heterocycles. The Morgan fingerprint density at radius 2 is 2.33 bits per heavy atom. The third kappa shape index (κ3) is 2.98. The molecule has 0 aliphatic carbocycles. The Bertz CT molecular complexity index is 220. The number of nitrogens with one attached hydrogen (secondary N) is 1. The minimum atomic E-state index is 0.180. The predicted octanol–water partition coefficient (Wildman–Crippen LogP) is 0.472. The van der Waals surface area contributed by atoms with Gasteiger partial charge in [0.1, 0.15) is 0 Å². The van der Waals surface area contributed by atoms with Gasteiger partial charge in [-0.25, -0.2) is 0 Å². The fourth-order valence-corrected chi connectivity index (χ4v) is 0.915. The Kier molecular flexibility index (Phi) is 3.70. The summed E-state index contributed by atoms with van der Waals surface area (Å²) in [6.45, 7) is 3.55. The summed E-state index contributed by atoms with van der Waals surface area (Å²) in [6.07, 6.45) is 1.85. The minimum absolute atomic E-state index is 0.180. The Balaban J connectivity index is 2.37. The molecule has 1 rings (SSSR count). The molecule has 12 heavy (non-hydrogen) atoms. The maximum atomic E-state index is 8.51. The number of pyridine rings is 1.